The fourth-order valence-corrected chi connectivity index (χ4v) is 2.29. The Kier molecular flexibility index (Phi) is 5.33. The first-order chi connectivity index (χ1) is 9.99. The third kappa shape index (κ3) is 4.26. The average Bonchev–Trinajstić information content (AvgIpc) is 2.90. The van der Waals surface area contributed by atoms with Crippen LogP contribution in [0.1, 0.15) is 12.8 Å². The van der Waals surface area contributed by atoms with Gasteiger partial charge in [0, 0.05) is 12.2 Å². The largest absolute Gasteiger partial charge is 0.433 e. The molecule has 3 N–H and O–H groups in total. The van der Waals surface area contributed by atoms with Crippen LogP contribution >= 0.6 is 11.6 Å². The molecule has 5 nitrogen and oxygen atoms in total. The number of hydrogen-bond donors (Lipinski definition) is 2. The lowest BCUT2D eigenvalue weighted by Gasteiger charge is -2.13. The molecule has 1 aromatic rings. The Morgan fingerprint density at radius 1 is 1.52 bits per heavy atom. The predicted molar refractivity (Wildman–Crippen MR) is 73.7 cm³/mol. The summed E-state index contributed by atoms with van der Waals surface area (Å²) in [6.07, 6.45) is 0.658. The molecule has 0 bridgehead atoms. The van der Waals surface area contributed by atoms with Gasteiger partial charge in [0.25, 0.3) is 5.91 Å². The van der Waals surface area contributed by atoms with Gasteiger partial charge in [-0.3, -0.25) is 4.79 Å². The molecule has 2 atom stereocenters. The lowest BCUT2D eigenvalue weighted by atomic mass is 10.2. The van der Waals surface area contributed by atoms with Crippen molar-refractivity contribution in [3.05, 3.63) is 23.2 Å². The van der Waals surface area contributed by atoms with E-state index in [2.05, 4.69) is 10.1 Å². The lowest BCUT2D eigenvalue weighted by molar-refractivity contribution is -0.126. The summed E-state index contributed by atoms with van der Waals surface area (Å²) in [4.78, 5) is 12.0. The van der Waals surface area contributed by atoms with Gasteiger partial charge in [0.2, 0.25) is 0 Å². The fraction of sp³-hybridized carbons (Fsp3) is 0.462. The molecule has 0 radical (unpaired) electrons. The summed E-state index contributed by atoms with van der Waals surface area (Å²) in [5, 5.41) is 2.60. The van der Waals surface area contributed by atoms with Crippen molar-refractivity contribution in [2.75, 3.05) is 11.9 Å². The zero-order chi connectivity index (χ0) is 15.4. The predicted octanol–water partition coefficient (Wildman–Crippen LogP) is 2.39. The van der Waals surface area contributed by atoms with Gasteiger partial charge in [0.1, 0.15) is 11.9 Å². The molecular formula is C13H15ClF2N2O3. The number of carbonyl (C=O) groups excluding carboxylic acids is 1. The van der Waals surface area contributed by atoms with Crippen LogP contribution in [0.5, 0.6) is 5.75 Å². The number of rotatable bonds is 5. The van der Waals surface area contributed by atoms with Gasteiger partial charge in [-0.2, -0.15) is 8.78 Å². The van der Waals surface area contributed by atoms with Gasteiger partial charge in [-0.15, -0.1) is 0 Å². The van der Waals surface area contributed by atoms with Gasteiger partial charge >= 0.3 is 6.61 Å². The Morgan fingerprint density at radius 3 is 2.86 bits per heavy atom. The first kappa shape index (κ1) is 15.9. The minimum Gasteiger partial charge on any atom is -0.433 e. The number of amides is 1. The highest BCUT2D eigenvalue weighted by molar-refractivity contribution is 6.32. The maximum absolute atomic E-state index is 12.1. The number of halogens is 3. The van der Waals surface area contributed by atoms with Crippen molar-refractivity contribution in [3.63, 3.8) is 0 Å². The van der Waals surface area contributed by atoms with Crippen molar-refractivity contribution in [2.24, 2.45) is 5.73 Å². The molecule has 1 fully saturated rings. The van der Waals surface area contributed by atoms with Crippen molar-refractivity contribution >= 4 is 23.2 Å². The zero-order valence-electron chi connectivity index (χ0n) is 11.0. The van der Waals surface area contributed by atoms with Crippen LogP contribution in [0, 0.1) is 0 Å². The van der Waals surface area contributed by atoms with Gasteiger partial charge < -0.3 is 20.5 Å². The molecule has 2 unspecified atom stereocenters. The summed E-state index contributed by atoms with van der Waals surface area (Å²) >= 11 is 5.80. The van der Waals surface area contributed by atoms with Gasteiger partial charge in [0.05, 0.1) is 11.1 Å². The van der Waals surface area contributed by atoms with E-state index in [4.69, 9.17) is 22.1 Å². The van der Waals surface area contributed by atoms with Crippen LogP contribution in [0.25, 0.3) is 0 Å². The van der Waals surface area contributed by atoms with E-state index in [0.29, 0.717) is 18.7 Å². The highest BCUT2D eigenvalue weighted by atomic mass is 35.5. The standard InChI is InChI=1S/C13H15ClF2N2O3/c14-9-5-7(1-3-10(9)21-13(15)16)18-12(19)11-4-2-8(6-17)20-11/h1,3,5,8,11,13H,2,4,6,17H2,(H,18,19). The van der Waals surface area contributed by atoms with E-state index < -0.39 is 12.7 Å². The molecule has 0 saturated carbocycles. The van der Waals surface area contributed by atoms with E-state index >= 15 is 0 Å². The summed E-state index contributed by atoms with van der Waals surface area (Å²) in [5.41, 5.74) is 5.86. The molecule has 1 amide bonds. The van der Waals surface area contributed by atoms with E-state index in [1.807, 2.05) is 0 Å². The van der Waals surface area contributed by atoms with Crippen molar-refractivity contribution in [2.45, 2.75) is 31.7 Å². The van der Waals surface area contributed by atoms with Crippen LogP contribution in [0.15, 0.2) is 18.2 Å². The molecule has 1 aliphatic heterocycles. The lowest BCUT2D eigenvalue weighted by Crippen LogP contribution is -2.29. The third-order valence-electron chi connectivity index (χ3n) is 3.08. The van der Waals surface area contributed by atoms with Crippen LogP contribution in [-0.2, 0) is 9.53 Å². The molecule has 116 valence electrons. The van der Waals surface area contributed by atoms with Gasteiger partial charge in [0.15, 0.2) is 0 Å². The topological polar surface area (TPSA) is 73.6 Å². The van der Waals surface area contributed by atoms with Crippen molar-refractivity contribution in [3.8, 4) is 5.75 Å². The van der Waals surface area contributed by atoms with Crippen LogP contribution in [0.4, 0.5) is 14.5 Å². The summed E-state index contributed by atoms with van der Waals surface area (Å²) in [6, 6.07) is 4.03. The Morgan fingerprint density at radius 2 is 2.29 bits per heavy atom. The molecule has 1 aliphatic rings. The molecule has 1 aromatic carbocycles. The molecule has 0 spiro atoms. The fourth-order valence-electron chi connectivity index (χ4n) is 2.06. The Labute approximate surface area is 125 Å². The molecule has 1 heterocycles. The molecule has 8 heteroatoms. The zero-order valence-corrected chi connectivity index (χ0v) is 11.8. The maximum atomic E-state index is 12.1. The van der Waals surface area contributed by atoms with Gasteiger partial charge in [-0.1, -0.05) is 11.6 Å². The highest BCUT2D eigenvalue weighted by Gasteiger charge is 2.29. The summed E-state index contributed by atoms with van der Waals surface area (Å²) < 4.78 is 33.9. The highest BCUT2D eigenvalue weighted by Crippen LogP contribution is 2.29. The first-order valence-corrected chi connectivity index (χ1v) is 6.78. The average molecular weight is 321 g/mol. The van der Waals surface area contributed by atoms with Crippen LogP contribution in [0.3, 0.4) is 0 Å². The molecule has 0 aromatic heterocycles. The smallest absolute Gasteiger partial charge is 0.387 e. The third-order valence-corrected chi connectivity index (χ3v) is 3.37. The number of carbonyl (C=O) groups is 1. The number of nitrogens with one attached hydrogen (secondary N) is 1. The number of hydrogen-bond acceptors (Lipinski definition) is 4. The molecule has 0 aliphatic carbocycles. The van der Waals surface area contributed by atoms with E-state index in [-0.39, 0.29) is 22.8 Å². The summed E-state index contributed by atoms with van der Waals surface area (Å²) in [7, 11) is 0. The molecule has 1 saturated heterocycles. The first-order valence-electron chi connectivity index (χ1n) is 6.40. The van der Waals surface area contributed by atoms with Crippen molar-refractivity contribution in [1.82, 2.24) is 0 Å². The molecular weight excluding hydrogens is 306 g/mol. The molecule has 2 rings (SSSR count). The van der Waals surface area contributed by atoms with E-state index in [1.165, 1.54) is 18.2 Å². The Hall–Kier alpha value is -1.44. The van der Waals surface area contributed by atoms with Crippen LogP contribution in [-0.4, -0.2) is 31.3 Å². The van der Waals surface area contributed by atoms with Crippen LogP contribution < -0.4 is 15.8 Å². The Balaban J connectivity index is 1.97. The second-order valence-electron chi connectivity index (χ2n) is 4.57. The molecule has 21 heavy (non-hydrogen) atoms. The van der Waals surface area contributed by atoms with Crippen molar-refractivity contribution < 1.29 is 23.0 Å². The summed E-state index contributed by atoms with van der Waals surface area (Å²) in [5.74, 6) is -0.463. The summed E-state index contributed by atoms with van der Waals surface area (Å²) in [6.45, 7) is -2.59. The second-order valence-corrected chi connectivity index (χ2v) is 4.98. The van der Waals surface area contributed by atoms with Gasteiger partial charge in [-0.05, 0) is 31.0 Å². The van der Waals surface area contributed by atoms with Crippen LogP contribution in [0.2, 0.25) is 5.02 Å². The van der Waals surface area contributed by atoms with Crippen molar-refractivity contribution in [1.29, 1.82) is 0 Å². The monoisotopic (exact) mass is 320 g/mol. The number of ether oxygens (including phenoxy) is 2. The van der Waals surface area contributed by atoms with E-state index in [1.54, 1.807) is 0 Å². The number of alkyl halides is 2. The van der Waals surface area contributed by atoms with E-state index in [0.717, 1.165) is 6.42 Å². The minimum absolute atomic E-state index is 0.0136. The maximum Gasteiger partial charge on any atom is 0.387 e. The Bertz CT molecular complexity index is 516. The second kappa shape index (κ2) is 7.02. The minimum atomic E-state index is -2.96. The SMILES string of the molecule is NCC1CCC(C(=O)Nc2ccc(OC(F)F)c(Cl)c2)O1. The number of nitrogens with two attached hydrogens (primary N) is 1. The van der Waals surface area contributed by atoms with Gasteiger partial charge in [-0.25, -0.2) is 0 Å². The normalized spacial score (nSPS) is 21.6. The van der Waals surface area contributed by atoms with E-state index in [9.17, 15) is 13.6 Å². The number of benzene rings is 1. The quantitative estimate of drug-likeness (QED) is 0.873. The number of anilines is 1.